The Balaban J connectivity index is 1.38. The van der Waals surface area contributed by atoms with Gasteiger partial charge in [-0.3, -0.25) is 14.6 Å². The molecule has 3 aromatic rings. The molecule has 0 aliphatic carbocycles. The topological polar surface area (TPSA) is 107 Å². The van der Waals surface area contributed by atoms with E-state index in [-0.39, 0.29) is 18.4 Å². The van der Waals surface area contributed by atoms with Gasteiger partial charge in [-0.1, -0.05) is 12.1 Å². The highest BCUT2D eigenvalue weighted by molar-refractivity contribution is 5.80. The number of piperazine rings is 1. The lowest BCUT2D eigenvalue weighted by Crippen LogP contribution is -2.55. The summed E-state index contributed by atoms with van der Waals surface area (Å²) in [7, 11) is 0. The van der Waals surface area contributed by atoms with Gasteiger partial charge in [0.1, 0.15) is 11.6 Å². The number of Topliss-reactive ketones (excluding diaryl/α,β-unsaturated/α-hetero) is 1. The maximum atomic E-state index is 12.6. The molecule has 0 amide bonds. The number of aliphatic hydroxyl groups excluding tert-OH is 1. The summed E-state index contributed by atoms with van der Waals surface area (Å²) in [6.45, 7) is 4.37. The van der Waals surface area contributed by atoms with E-state index in [9.17, 15) is 9.90 Å². The van der Waals surface area contributed by atoms with E-state index in [1.165, 1.54) is 0 Å². The normalized spacial score (nSPS) is 23.0. The number of carbonyl (C=O) groups excluding carboxylic acids is 1. The first kappa shape index (κ1) is 24.3. The second-order valence-electron chi connectivity index (χ2n) is 9.49. The zero-order valence-electron chi connectivity index (χ0n) is 20.4. The zero-order valence-corrected chi connectivity index (χ0v) is 20.4. The largest absolute Gasteiger partial charge is 0.395 e. The molecule has 1 saturated heterocycles. The van der Waals surface area contributed by atoms with Crippen LogP contribution in [0.3, 0.4) is 0 Å². The number of aliphatic hydroxyl groups is 1. The Bertz CT molecular complexity index is 1170. The maximum absolute atomic E-state index is 12.6. The van der Waals surface area contributed by atoms with Crippen LogP contribution in [0.1, 0.15) is 24.8 Å². The molecule has 1 aromatic carbocycles. The molecule has 3 atom stereocenters. The van der Waals surface area contributed by atoms with Crippen LogP contribution in [-0.2, 0) is 11.3 Å². The summed E-state index contributed by atoms with van der Waals surface area (Å²) in [5.41, 5.74) is 3.76. The first-order chi connectivity index (χ1) is 17.7. The van der Waals surface area contributed by atoms with E-state index < -0.39 is 0 Å². The highest BCUT2D eigenvalue weighted by atomic mass is 16.3. The quantitative estimate of drug-likeness (QED) is 0.478. The molecular weight excluding hydrogens is 454 g/mol. The molecule has 188 valence electrons. The Labute approximate surface area is 211 Å². The van der Waals surface area contributed by atoms with Crippen molar-refractivity contribution in [3.63, 3.8) is 0 Å². The van der Waals surface area contributed by atoms with Crippen molar-refractivity contribution >= 4 is 23.2 Å². The highest BCUT2D eigenvalue weighted by Gasteiger charge is 2.27. The van der Waals surface area contributed by atoms with Gasteiger partial charge in [0.25, 0.3) is 0 Å². The fraction of sp³-hybridized carbons (Fsp3) is 0.407. The van der Waals surface area contributed by atoms with Gasteiger partial charge in [0.2, 0.25) is 5.95 Å². The van der Waals surface area contributed by atoms with Crippen molar-refractivity contribution in [2.75, 3.05) is 50.0 Å². The Kier molecular flexibility index (Phi) is 7.80. The Morgan fingerprint density at radius 1 is 1.06 bits per heavy atom. The van der Waals surface area contributed by atoms with Crippen molar-refractivity contribution in [3.05, 3.63) is 60.4 Å². The Morgan fingerprint density at radius 2 is 2.00 bits per heavy atom. The van der Waals surface area contributed by atoms with E-state index in [4.69, 9.17) is 0 Å². The van der Waals surface area contributed by atoms with Crippen LogP contribution in [0, 0.1) is 0 Å². The van der Waals surface area contributed by atoms with Crippen molar-refractivity contribution in [2.45, 2.75) is 31.8 Å². The maximum Gasteiger partial charge on any atom is 0.227 e. The second kappa shape index (κ2) is 11.6. The van der Waals surface area contributed by atoms with Crippen LogP contribution in [0.4, 0.5) is 17.5 Å². The van der Waals surface area contributed by atoms with Crippen LogP contribution in [0.2, 0.25) is 0 Å². The molecule has 7 heterocycles. The first-order valence-electron chi connectivity index (χ1n) is 12.6. The molecule has 8 rings (SSSR count). The molecule has 8 bridgehead atoms. The summed E-state index contributed by atoms with van der Waals surface area (Å²) in [6, 6.07) is 14.0. The van der Waals surface area contributed by atoms with Crippen molar-refractivity contribution in [1.82, 2.24) is 24.8 Å². The molecule has 2 aromatic heterocycles. The van der Waals surface area contributed by atoms with Gasteiger partial charge in [-0.2, -0.15) is 0 Å². The van der Waals surface area contributed by atoms with E-state index in [0.717, 1.165) is 67.3 Å². The van der Waals surface area contributed by atoms with Crippen LogP contribution in [-0.4, -0.2) is 81.0 Å². The molecular formula is C27H33N7O2. The number of carbonyl (C=O) groups is 1. The number of anilines is 3. The minimum atomic E-state index is 0.00557. The van der Waals surface area contributed by atoms with Crippen LogP contribution < -0.4 is 10.6 Å². The number of hydrogen-bond acceptors (Lipinski definition) is 9. The predicted molar refractivity (Wildman–Crippen MR) is 140 cm³/mol. The van der Waals surface area contributed by atoms with Crippen molar-refractivity contribution < 1.29 is 9.90 Å². The third-order valence-corrected chi connectivity index (χ3v) is 6.77. The predicted octanol–water partition coefficient (Wildman–Crippen LogP) is 2.93. The van der Waals surface area contributed by atoms with E-state index in [2.05, 4.69) is 47.5 Å². The van der Waals surface area contributed by atoms with Crippen LogP contribution in [0.25, 0.3) is 11.3 Å². The fourth-order valence-electron chi connectivity index (χ4n) is 4.81. The molecule has 1 fully saturated rings. The standard InChI is InChI=1S/C27H33N7O2/c35-19-23-17-33-12-13-34(23)16-20-4-3-5-22(14-20)31-27-29-11-9-25(32-27)21-7-8-26(30-15-21)28-10-2-1-6-24(36)18-33/h3-5,7-9,11,14-15,23,35H,1-2,6,10,12-13,16-19H2,(H,28,30)(H,29,31,32). The minimum Gasteiger partial charge on any atom is -0.395 e. The molecule has 0 saturated carbocycles. The first-order valence-corrected chi connectivity index (χ1v) is 12.6. The van der Waals surface area contributed by atoms with Crippen molar-refractivity contribution in [2.24, 2.45) is 0 Å². The van der Waals surface area contributed by atoms with Crippen LogP contribution in [0.15, 0.2) is 54.9 Å². The number of rotatable bonds is 1. The van der Waals surface area contributed by atoms with Gasteiger partial charge in [0, 0.05) is 68.8 Å². The number of benzene rings is 1. The van der Waals surface area contributed by atoms with Gasteiger partial charge >= 0.3 is 0 Å². The summed E-state index contributed by atoms with van der Waals surface area (Å²) in [4.78, 5) is 30.7. The Morgan fingerprint density at radius 3 is 2.86 bits per heavy atom. The molecule has 5 aliphatic rings. The number of aromatic nitrogens is 3. The molecule has 36 heavy (non-hydrogen) atoms. The summed E-state index contributed by atoms with van der Waals surface area (Å²) in [5.74, 6) is 1.60. The molecule has 9 nitrogen and oxygen atoms in total. The second-order valence-corrected chi connectivity index (χ2v) is 9.49. The van der Waals surface area contributed by atoms with Crippen LogP contribution in [0.5, 0.6) is 0 Å². The van der Waals surface area contributed by atoms with Gasteiger partial charge in [0.05, 0.1) is 18.8 Å². The number of ketones is 1. The molecule has 0 radical (unpaired) electrons. The zero-order chi connectivity index (χ0) is 24.7. The molecule has 3 N–H and O–H groups in total. The van der Waals surface area contributed by atoms with Gasteiger partial charge < -0.3 is 15.7 Å². The SMILES string of the molecule is O=C1CCCCNc2ccc(cn2)-c2ccnc(n2)Nc2cccc(c2)CN2CCN(C1)CC2CO. The number of nitrogens with zero attached hydrogens (tertiary/aromatic N) is 5. The lowest BCUT2D eigenvalue weighted by atomic mass is 10.1. The summed E-state index contributed by atoms with van der Waals surface area (Å²) >= 11 is 0. The molecule has 5 aliphatic heterocycles. The van der Waals surface area contributed by atoms with E-state index in [0.29, 0.717) is 25.5 Å². The smallest absolute Gasteiger partial charge is 0.227 e. The average Bonchev–Trinajstić information content (AvgIpc) is 2.89. The minimum absolute atomic E-state index is 0.00557. The van der Waals surface area contributed by atoms with Crippen molar-refractivity contribution in [1.29, 1.82) is 0 Å². The number of pyridine rings is 1. The van der Waals surface area contributed by atoms with Gasteiger partial charge in [-0.05, 0) is 48.7 Å². The molecule has 0 spiro atoms. The Hall–Kier alpha value is -3.40. The lowest BCUT2D eigenvalue weighted by molar-refractivity contribution is -0.121. The number of nitrogens with one attached hydrogen (secondary N) is 2. The summed E-state index contributed by atoms with van der Waals surface area (Å²) in [5, 5.41) is 16.7. The average molecular weight is 488 g/mol. The fourth-order valence-corrected chi connectivity index (χ4v) is 4.81. The highest BCUT2D eigenvalue weighted by Crippen LogP contribution is 2.22. The van der Waals surface area contributed by atoms with E-state index >= 15 is 0 Å². The van der Waals surface area contributed by atoms with Crippen molar-refractivity contribution in [3.8, 4) is 11.3 Å². The third-order valence-electron chi connectivity index (χ3n) is 6.77. The molecule has 9 heteroatoms. The summed E-state index contributed by atoms with van der Waals surface area (Å²) < 4.78 is 0. The monoisotopic (exact) mass is 487 g/mol. The van der Waals surface area contributed by atoms with E-state index in [1.54, 1.807) is 6.20 Å². The third kappa shape index (κ3) is 6.23. The van der Waals surface area contributed by atoms with Gasteiger partial charge in [-0.15, -0.1) is 0 Å². The molecule has 3 unspecified atom stereocenters. The van der Waals surface area contributed by atoms with Gasteiger partial charge in [-0.25, -0.2) is 15.0 Å². The number of hydrogen-bond donors (Lipinski definition) is 3. The lowest BCUT2D eigenvalue weighted by Gasteiger charge is -2.40. The van der Waals surface area contributed by atoms with E-state index in [1.807, 2.05) is 36.5 Å². The summed E-state index contributed by atoms with van der Waals surface area (Å²) in [6.07, 6.45) is 5.88. The van der Waals surface area contributed by atoms with Crippen LogP contribution >= 0.6 is 0 Å². The van der Waals surface area contributed by atoms with Gasteiger partial charge in [0.15, 0.2) is 0 Å².